The van der Waals surface area contributed by atoms with Gasteiger partial charge in [-0.15, -0.1) is 0 Å². The summed E-state index contributed by atoms with van der Waals surface area (Å²) in [6.07, 6.45) is 18.0. The monoisotopic (exact) mass is 482 g/mol. The van der Waals surface area contributed by atoms with Gasteiger partial charge in [-0.1, -0.05) is 63.7 Å². The highest BCUT2D eigenvalue weighted by Crippen LogP contribution is 2.32. The minimum Gasteiger partial charge on any atom is -0.462 e. The van der Waals surface area contributed by atoms with E-state index in [1.165, 1.54) is 61.6 Å². The number of hydrogen-bond donors (Lipinski definition) is 0. The second-order valence-electron chi connectivity index (χ2n) is 10.7. The maximum Gasteiger partial charge on any atom is 0.314 e. The van der Waals surface area contributed by atoms with Crippen LogP contribution in [0.1, 0.15) is 115 Å². The fraction of sp³-hybridized carbons (Fsp3) is 0.677. The van der Waals surface area contributed by atoms with Crippen LogP contribution in [0.5, 0.6) is 5.75 Å². The van der Waals surface area contributed by atoms with E-state index in [1.54, 1.807) is 0 Å². The molecule has 2 unspecified atom stereocenters. The number of benzene rings is 1. The fourth-order valence-corrected chi connectivity index (χ4v) is 5.34. The van der Waals surface area contributed by atoms with Crippen molar-refractivity contribution in [3.8, 4) is 5.75 Å². The summed E-state index contributed by atoms with van der Waals surface area (Å²) < 4.78 is 11.5. The normalized spacial score (nSPS) is 20.5. The van der Waals surface area contributed by atoms with Crippen LogP contribution in [0.3, 0.4) is 0 Å². The molecule has 2 aliphatic carbocycles. The summed E-state index contributed by atoms with van der Waals surface area (Å²) >= 11 is 0. The van der Waals surface area contributed by atoms with E-state index in [-0.39, 0.29) is 29.9 Å². The third-order valence-electron chi connectivity index (χ3n) is 7.68. The number of ether oxygens (including phenoxy) is 2. The zero-order valence-corrected chi connectivity index (χ0v) is 22.3. The van der Waals surface area contributed by atoms with Crippen molar-refractivity contribution in [3.05, 3.63) is 41.0 Å². The van der Waals surface area contributed by atoms with E-state index in [4.69, 9.17) is 9.47 Å². The molecule has 3 rings (SSSR count). The van der Waals surface area contributed by atoms with Crippen LogP contribution in [0, 0.1) is 11.8 Å². The molecule has 35 heavy (non-hydrogen) atoms. The van der Waals surface area contributed by atoms with Crippen molar-refractivity contribution in [2.45, 2.75) is 123 Å². The summed E-state index contributed by atoms with van der Waals surface area (Å²) in [5.41, 5.74) is 3.87. The average Bonchev–Trinajstić information content (AvgIpc) is 2.87. The molecule has 4 nitrogen and oxygen atoms in total. The fourth-order valence-electron chi connectivity index (χ4n) is 5.34. The van der Waals surface area contributed by atoms with Gasteiger partial charge in [-0.3, -0.25) is 9.59 Å². The SMILES string of the molecule is CCCCCC[C@H](C)OC(=O)C1CCc2cc(OC(=O)C3CC=C(CCCCC)CC3)ccc2C1. The first-order valence-corrected chi connectivity index (χ1v) is 14.2. The summed E-state index contributed by atoms with van der Waals surface area (Å²) in [6, 6.07) is 5.91. The Hall–Kier alpha value is -2.10. The van der Waals surface area contributed by atoms with E-state index in [0.717, 1.165) is 44.9 Å². The van der Waals surface area contributed by atoms with Crippen molar-refractivity contribution in [1.29, 1.82) is 0 Å². The van der Waals surface area contributed by atoms with Gasteiger partial charge < -0.3 is 9.47 Å². The number of esters is 2. The van der Waals surface area contributed by atoms with Crippen LogP contribution in [0.2, 0.25) is 0 Å². The molecule has 0 spiro atoms. The Balaban J connectivity index is 1.45. The highest BCUT2D eigenvalue weighted by Gasteiger charge is 2.28. The number of hydrogen-bond acceptors (Lipinski definition) is 4. The third-order valence-corrected chi connectivity index (χ3v) is 7.68. The lowest BCUT2D eigenvalue weighted by Gasteiger charge is -2.25. The molecule has 3 atom stereocenters. The summed E-state index contributed by atoms with van der Waals surface area (Å²) in [6.45, 7) is 6.44. The predicted molar refractivity (Wildman–Crippen MR) is 141 cm³/mol. The van der Waals surface area contributed by atoms with Gasteiger partial charge in [-0.05, 0) is 94.4 Å². The summed E-state index contributed by atoms with van der Waals surface area (Å²) in [5, 5.41) is 0. The number of aryl methyl sites for hydroxylation is 1. The molecule has 0 saturated heterocycles. The van der Waals surface area contributed by atoms with Crippen LogP contribution >= 0.6 is 0 Å². The maximum atomic E-state index is 12.7. The molecule has 0 bridgehead atoms. The molecule has 0 aliphatic heterocycles. The first-order valence-electron chi connectivity index (χ1n) is 14.2. The van der Waals surface area contributed by atoms with Gasteiger partial charge in [0.15, 0.2) is 0 Å². The molecule has 2 aliphatic rings. The van der Waals surface area contributed by atoms with Crippen molar-refractivity contribution in [2.75, 3.05) is 0 Å². The number of allylic oxidation sites excluding steroid dienone is 2. The number of unbranched alkanes of at least 4 members (excludes halogenated alkanes) is 5. The highest BCUT2D eigenvalue weighted by atomic mass is 16.5. The van der Waals surface area contributed by atoms with Gasteiger partial charge in [0.1, 0.15) is 5.75 Å². The van der Waals surface area contributed by atoms with Crippen LogP contribution < -0.4 is 4.74 Å². The van der Waals surface area contributed by atoms with Crippen molar-refractivity contribution < 1.29 is 19.1 Å². The Morgan fingerprint density at radius 2 is 1.69 bits per heavy atom. The molecule has 0 heterocycles. The zero-order chi connectivity index (χ0) is 25.0. The Morgan fingerprint density at radius 3 is 2.43 bits per heavy atom. The predicted octanol–water partition coefficient (Wildman–Crippen LogP) is 7.91. The lowest BCUT2D eigenvalue weighted by molar-refractivity contribution is -0.154. The minimum atomic E-state index is -0.112. The quantitative estimate of drug-likeness (QED) is 0.124. The van der Waals surface area contributed by atoms with Crippen LogP contribution in [0.4, 0.5) is 0 Å². The Kier molecular flexibility index (Phi) is 11.4. The molecular weight excluding hydrogens is 436 g/mol. The molecule has 194 valence electrons. The molecule has 1 aromatic rings. The Bertz CT molecular complexity index is 856. The van der Waals surface area contributed by atoms with E-state index in [9.17, 15) is 9.59 Å². The molecule has 0 N–H and O–H groups in total. The Morgan fingerprint density at radius 1 is 0.914 bits per heavy atom. The zero-order valence-electron chi connectivity index (χ0n) is 22.3. The van der Waals surface area contributed by atoms with E-state index >= 15 is 0 Å². The van der Waals surface area contributed by atoms with Gasteiger partial charge in [0.2, 0.25) is 0 Å². The lowest BCUT2D eigenvalue weighted by Crippen LogP contribution is -2.27. The number of carbonyl (C=O) groups excluding carboxylic acids is 2. The topological polar surface area (TPSA) is 52.6 Å². The molecule has 1 aromatic carbocycles. The summed E-state index contributed by atoms with van der Waals surface area (Å²) in [5.74, 6) is 0.347. The third kappa shape index (κ3) is 8.81. The highest BCUT2D eigenvalue weighted by molar-refractivity contribution is 5.76. The van der Waals surface area contributed by atoms with E-state index in [2.05, 4.69) is 19.9 Å². The number of carbonyl (C=O) groups is 2. The summed E-state index contributed by atoms with van der Waals surface area (Å²) in [7, 11) is 0. The average molecular weight is 483 g/mol. The minimum absolute atomic E-state index is 0.00964. The number of rotatable bonds is 13. The van der Waals surface area contributed by atoms with Gasteiger partial charge in [0, 0.05) is 0 Å². The van der Waals surface area contributed by atoms with E-state index in [1.807, 2.05) is 25.1 Å². The van der Waals surface area contributed by atoms with Crippen molar-refractivity contribution in [3.63, 3.8) is 0 Å². The molecular formula is C31H46O4. The van der Waals surface area contributed by atoms with Crippen molar-refractivity contribution >= 4 is 11.9 Å². The van der Waals surface area contributed by atoms with Crippen LogP contribution in [0.25, 0.3) is 0 Å². The van der Waals surface area contributed by atoms with Crippen LogP contribution in [-0.2, 0) is 27.2 Å². The largest absolute Gasteiger partial charge is 0.462 e. The second-order valence-corrected chi connectivity index (χ2v) is 10.7. The molecule has 4 heteroatoms. The summed E-state index contributed by atoms with van der Waals surface area (Å²) in [4.78, 5) is 25.4. The van der Waals surface area contributed by atoms with Gasteiger partial charge in [0.25, 0.3) is 0 Å². The standard InChI is InChI=1S/C31H46O4/c1-4-6-8-10-11-23(3)34-31(33)28-18-17-27-22-29(20-19-26(27)21-28)35-30(32)25-15-13-24(14-16-25)12-9-7-5-2/h13,19-20,22-23,25,28H,4-12,14-18,21H2,1-3H3/t23-,25?,28?/m0/s1. The first-order chi connectivity index (χ1) is 17.0. The maximum absolute atomic E-state index is 12.7. The van der Waals surface area contributed by atoms with Gasteiger partial charge >= 0.3 is 11.9 Å². The molecule has 0 fully saturated rings. The van der Waals surface area contributed by atoms with Gasteiger partial charge in [0.05, 0.1) is 17.9 Å². The lowest BCUT2D eigenvalue weighted by atomic mass is 9.84. The van der Waals surface area contributed by atoms with Gasteiger partial charge in [-0.25, -0.2) is 0 Å². The molecule has 0 amide bonds. The Labute approximate surface area is 212 Å². The molecule has 0 aromatic heterocycles. The van der Waals surface area contributed by atoms with Crippen molar-refractivity contribution in [2.24, 2.45) is 11.8 Å². The van der Waals surface area contributed by atoms with E-state index < -0.39 is 0 Å². The smallest absolute Gasteiger partial charge is 0.314 e. The number of fused-ring (bicyclic) bond motifs is 1. The second kappa shape index (κ2) is 14.5. The van der Waals surface area contributed by atoms with Crippen LogP contribution in [-0.4, -0.2) is 18.0 Å². The first kappa shape index (κ1) is 27.5. The van der Waals surface area contributed by atoms with Crippen molar-refractivity contribution in [1.82, 2.24) is 0 Å². The van der Waals surface area contributed by atoms with E-state index in [0.29, 0.717) is 12.2 Å². The molecule has 0 saturated carbocycles. The van der Waals surface area contributed by atoms with Gasteiger partial charge in [-0.2, -0.15) is 0 Å². The van der Waals surface area contributed by atoms with Crippen LogP contribution in [0.15, 0.2) is 29.8 Å². The molecule has 0 radical (unpaired) electrons.